The van der Waals surface area contributed by atoms with Gasteiger partial charge in [-0.15, -0.1) is 45.3 Å². The molecule has 8 aromatic rings. The summed E-state index contributed by atoms with van der Waals surface area (Å²) >= 11 is 7.04. The minimum absolute atomic E-state index is 0.601. The van der Waals surface area contributed by atoms with E-state index in [1.165, 1.54) is 103 Å². The van der Waals surface area contributed by atoms with Gasteiger partial charge in [0.15, 0.2) is 23.0 Å². The molecule has 0 N–H and O–H groups in total. The Morgan fingerprint density at radius 1 is 0.371 bits per heavy atom. The van der Waals surface area contributed by atoms with Gasteiger partial charge >= 0.3 is 0 Å². The Balaban J connectivity index is 0.000000140. The lowest BCUT2D eigenvalue weighted by Gasteiger charge is -2.21. The van der Waals surface area contributed by atoms with Crippen LogP contribution in [0, 0.1) is 41.5 Å². The molecule has 0 bridgehead atoms. The molecule has 10 heteroatoms. The minimum Gasteiger partial charge on any atom is -0.492 e. The van der Waals surface area contributed by atoms with Gasteiger partial charge in [-0.3, -0.25) is 0 Å². The molecule has 0 saturated heterocycles. The standard InChI is InChI=1S/C27H26O3S2.C25H22O3S2/c1-14-10-19(26-24-18(12-31-26)6-5-7-29-24)16(3)22-15(2)11-20(17(4)23(14)22)27-25-21(13-32-27)28-8-9-30-25;1-14-6-8-18(25-23-19(13-30-25)26-10-11-28-23)21-15(2)5-7-17(20(14)21)24-22-16(12-29-24)4-3-9-27-22/h10-13H,5-9H2,1-4H3;5-8,12-13H,3-4,9-11H2,1-2H3. The largest absolute Gasteiger partial charge is 0.492 e. The topological polar surface area (TPSA) is 55.4 Å². The molecule has 0 atom stereocenters. The van der Waals surface area contributed by atoms with Gasteiger partial charge in [0.05, 0.1) is 32.7 Å². The maximum Gasteiger partial charge on any atom is 0.179 e. The molecule has 4 aliphatic rings. The molecule has 0 saturated carbocycles. The molecule has 0 aliphatic carbocycles. The minimum atomic E-state index is 0.601. The van der Waals surface area contributed by atoms with E-state index in [9.17, 15) is 0 Å². The van der Waals surface area contributed by atoms with Crippen LogP contribution in [0.15, 0.2) is 57.9 Å². The summed E-state index contributed by atoms with van der Waals surface area (Å²) in [5.41, 5.74) is 15.6. The lowest BCUT2D eigenvalue weighted by Crippen LogP contribution is -2.14. The van der Waals surface area contributed by atoms with E-state index in [4.69, 9.17) is 28.4 Å². The van der Waals surface area contributed by atoms with Gasteiger partial charge in [-0.2, -0.15) is 0 Å². The van der Waals surface area contributed by atoms with E-state index in [1.807, 2.05) is 11.3 Å². The molecule has 0 radical (unpaired) electrons. The SMILES string of the molecule is Cc1cc(-c2scc3c2OCCO3)c(C)c2c(C)cc(-c3scc4c3OCCC4)c(C)c12.Cc1ccc(-c2scc3c2OCCO3)c2c(C)ccc(-c3scc4c3OCCC4)c12. The molecule has 4 aromatic carbocycles. The van der Waals surface area contributed by atoms with Crippen LogP contribution >= 0.6 is 45.3 Å². The van der Waals surface area contributed by atoms with Crippen LogP contribution in [0.25, 0.3) is 63.3 Å². The molecule has 6 nitrogen and oxygen atoms in total. The Kier molecular flexibility index (Phi) is 10.3. The number of fused-ring (bicyclic) bond motifs is 6. The van der Waals surface area contributed by atoms with Crippen molar-refractivity contribution >= 4 is 66.9 Å². The maximum absolute atomic E-state index is 6.12. The van der Waals surface area contributed by atoms with Crippen LogP contribution in [0.4, 0.5) is 0 Å². The first kappa shape index (κ1) is 39.8. The van der Waals surface area contributed by atoms with Crippen molar-refractivity contribution in [3.8, 4) is 76.3 Å². The van der Waals surface area contributed by atoms with E-state index < -0.39 is 0 Å². The van der Waals surface area contributed by atoms with Crippen molar-refractivity contribution in [1.82, 2.24) is 0 Å². The zero-order chi connectivity index (χ0) is 42.2. The van der Waals surface area contributed by atoms with E-state index in [-0.39, 0.29) is 0 Å². The Morgan fingerprint density at radius 3 is 1.24 bits per heavy atom. The molecule has 4 aromatic heterocycles. The van der Waals surface area contributed by atoms with Crippen LogP contribution in [0.1, 0.15) is 57.3 Å². The van der Waals surface area contributed by atoms with Crippen LogP contribution in [-0.4, -0.2) is 39.6 Å². The summed E-state index contributed by atoms with van der Waals surface area (Å²) in [5, 5.41) is 14.0. The highest BCUT2D eigenvalue weighted by molar-refractivity contribution is 7.15. The number of aryl methyl sites for hydroxylation is 8. The summed E-state index contributed by atoms with van der Waals surface area (Å²) in [5.74, 6) is 5.72. The zero-order valence-corrected chi connectivity index (χ0v) is 39.2. The molecular formula is C52H48O6S4. The van der Waals surface area contributed by atoms with Gasteiger partial charge < -0.3 is 28.4 Å². The zero-order valence-electron chi connectivity index (χ0n) is 35.9. The highest BCUT2D eigenvalue weighted by atomic mass is 32.1. The Bertz CT molecular complexity index is 2860. The molecule has 4 aliphatic heterocycles. The third-order valence-corrected chi connectivity index (χ3v) is 16.8. The van der Waals surface area contributed by atoms with Gasteiger partial charge in [-0.1, -0.05) is 24.3 Å². The second-order valence-corrected chi connectivity index (χ2v) is 20.3. The van der Waals surface area contributed by atoms with Crippen LogP contribution in [0.5, 0.6) is 34.5 Å². The normalized spacial score (nSPS) is 15.1. The highest BCUT2D eigenvalue weighted by Gasteiger charge is 2.27. The Labute approximate surface area is 378 Å². The predicted octanol–water partition coefficient (Wildman–Crippen LogP) is 14.6. The summed E-state index contributed by atoms with van der Waals surface area (Å²) in [6, 6.07) is 13.7. The molecule has 0 amide bonds. The first-order chi connectivity index (χ1) is 30.3. The molecule has 62 heavy (non-hydrogen) atoms. The summed E-state index contributed by atoms with van der Waals surface area (Å²) < 4.78 is 35.9. The lowest BCUT2D eigenvalue weighted by molar-refractivity contribution is 0.174. The van der Waals surface area contributed by atoms with Gasteiger partial charge in [0.25, 0.3) is 0 Å². The molecule has 8 heterocycles. The number of thiophene rings is 4. The molecule has 0 unspecified atom stereocenters. The summed E-state index contributed by atoms with van der Waals surface area (Å²) in [7, 11) is 0. The smallest absolute Gasteiger partial charge is 0.179 e. The van der Waals surface area contributed by atoms with Crippen molar-refractivity contribution in [3.63, 3.8) is 0 Å². The summed E-state index contributed by atoms with van der Waals surface area (Å²) in [6.07, 6.45) is 4.45. The van der Waals surface area contributed by atoms with Crippen LogP contribution < -0.4 is 28.4 Å². The molecule has 12 rings (SSSR count). The Morgan fingerprint density at radius 2 is 0.758 bits per heavy atom. The monoisotopic (exact) mass is 896 g/mol. The molecule has 0 spiro atoms. The van der Waals surface area contributed by atoms with Crippen molar-refractivity contribution in [2.24, 2.45) is 0 Å². The fourth-order valence-electron chi connectivity index (χ4n) is 9.88. The maximum atomic E-state index is 6.12. The molecule has 316 valence electrons. The van der Waals surface area contributed by atoms with Crippen molar-refractivity contribution in [1.29, 1.82) is 0 Å². The van der Waals surface area contributed by atoms with Gasteiger partial charge in [0.2, 0.25) is 0 Å². The third-order valence-electron chi connectivity index (χ3n) is 12.8. The molecule has 0 fully saturated rings. The van der Waals surface area contributed by atoms with Crippen LogP contribution in [0.2, 0.25) is 0 Å². The van der Waals surface area contributed by atoms with Gasteiger partial charge in [0, 0.05) is 33.0 Å². The second kappa shape index (κ2) is 16.0. The lowest BCUT2D eigenvalue weighted by atomic mass is 9.87. The first-order valence-corrected chi connectivity index (χ1v) is 25.1. The number of hydrogen-bond acceptors (Lipinski definition) is 10. The fraction of sp³-hybridized carbons (Fsp3) is 0.308. The average Bonchev–Trinajstić information content (AvgIpc) is 4.12. The van der Waals surface area contributed by atoms with E-state index in [1.54, 1.807) is 34.0 Å². The molecular weight excluding hydrogens is 849 g/mol. The highest BCUT2D eigenvalue weighted by Crippen LogP contribution is 2.53. The average molecular weight is 897 g/mol. The van der Waals surface area contributed by atoms with Gasteiger partial charge in [-0.05, 0) is 156 Å². The number of hydrogen-bond donors (Lipinski definition) is 0. The predicted molar refractivity (Wildman–Crippen MR) is 259 cm³/mol. The quantitative estimate of drug-likeness (QED) is 0.175. The van der Waals surface area contributed by atoms with Crippen molar-refractivity contribution < 1.29 is 28.4 Å². The number of ether oxygens (including phenoxy) is 6. The van der Waals surface area contributed by atoms with Crippen molar-refractivity contribution in [3.05, 3.63) is 102 Å². The third kappa shape index (κ3) is 6.51. The summed E-state index contributed by atoms with van der Waals surface area (Å²) in [6.45, 7) is 17.5. The van der Waals surface area contributed by atoms with E-state index in [0.717, 1.165) is 78.3 Å². The van der Waals surface area contributed by atoms with E-state index >= 15 is 0 Å². The van der Waals surface area contributed by atoms with Gasteiger partial charge in [0.1, 0.15) is 37.9 Å². The number of rotatable bonds is 4. The number of benzene rings is 4. The van der Waals surface area contributed by atoms with E-state index in [2.05, 4.69) is 99.5 Å². The first-order valence-electron chi connectivity index (χ1n) is 21.6. The summed E-state index contributed by atoms with van der Waals surface area (Å²) in [4.78, 5) is 4.85. The van der Waals surface area contributed by atoms with Crippen molar-refractivity contribution in [2.45, 2.75) is 67.2 Å². The van der Waals surface area contributed by atoms with Crippen LogP contribution in [0.3, 0.4) is 0 Å². The Hall–Kier alpha value is -5.00. The van der Waals surface area contributed by atoms with Crippen LogP contribution in [-0.2, 0) is 12.8 Å². The van der Waals surface area contributed by atoms with Gasteiger partial charge in [-0.25, -0.2) is 0 Å². The fourth-order valence-corrected chi connectivity index (χ4v) is 14.1. The van der Waals surface area contributed by atoms with E-state index in [0.29, 0.717) is 26.4 Å². The van der Waals surface area contributed by atoms with Crippen molar-refractivity contribution in [2.75, 3.05) is 39.6 Å². The second-order valence-electron chi connectivity index (χ2n) is 16.7.